The summed E-state index contributed by atoms with van der Waals surface area (Å²) in [6.07, 6.45) is -4.61. The Hall–Kier alpha value is -2.00. The Morgan fingerprint density at radius 1 is 1.23 bits per heavy atom. The van der Waals surface area contributed by atoms with Crippen LogP contribution in [0.4, 0.5) is 13.2 Å². The van der Waals surface area contributed by atoms with Crippen molar-refractivity contribution in [3.63, 3.8) is 0 Å². The molecule has 0 saturated carbocycles. The molecule has 0 saturated heterocycles. The number of hydrogen-bond donors (Lipinski definition) is 0. The van der Waals surface area contributed by atoms with E-state index < -0.39 is 12.0 Å². The van der Waals surface area contributed by atoms with E-state index in [-0.39, 0.29) is 6.54 Å². The largest absolute Gasteiger partial charge is 0.455 e. The van der Waals surface area contributed by atoms with E-state index in [1.807, 2.05) is 12.1 Å². The molecule has 10 heteroatoms. The molecule has 0 aliphatic rings. The van der Waals surface area contributed by atoms with Gasteiger partial charge in [-0.1, -0.05) is 29.8 Å². The Labute approximate surface area is 131 Å². The lowest BCUT2D eigenvalue weighted by Crippen LogP contribution is -2.09. The SMILES string of the molecule is FC(F)(F)c1nnn(Cc2nc(-c3ccccc3Cl)cs2)n1. The molecule has 1 aromatic carbocycles. The molecule has 0 amide bonds. The third kappa shape index (κ3) is 3.09. The van der Waals surface area contributed by atoms with Crippen molar-refractivity contribution in [3.8, 4) is 11.3 Å². The van der Waals surface area contributed by atoms with Crippen LogP contribution in [0.5, 0.6) is 0 Å². The molecule has 0 spiro atoms. The highest BCUT2D eigenvalue weighted by molar-refractivity contribution is 7.09. The monoisotopic (exact) mass is 345 g/mol. The minimum absolute atomic E-state index is 0.0121. The normalized spacial score (nSPS) is 11.8. The molecule has 22 heavy (non-hydrogen) atoms. The second kappa shape index (κ2) is 5.65. The molecule has 0 radical (unpaired) electrons. The molecular weight excluding hydrogens is 339 g/mol. The third-order valence-electron chi connectivity index (χ3n) is 2.68. The molecule has 0 aliphatic carbocycles. The maximum atomic E-state index is 12.4. The fourth-order valence-corrected chi connectivity index (χ4v) is 2.72. The van der Waals surface area contributed by atoms with E-state index >= 15 is 0 Å². The highest BCUT2D eigenvalue weighted by atomic mass is 35.5. The van der Waals surface area contributed by atoms with E-state index in [0.29, 0.717) is 15.7 Å². The van der Waals surface area contributed by atoms with Crippen molar-refractivity contribution in [1.82, 2.24) is 25.2 Å². The lowest BCUT2D eigenvalue weighted by molar-refractivity contribution is -0.145. The highest BCUT2D eigenvalue weighted by Crippen LogP contribution is 2.29. The Kier molecular flexibility index (Phi) is 3.83. The molecule has 5 nitrogen and oxygen atoms in total. The molecule has 3 rings (SSSR count). The Morgan fingerprint density at radius 3 is 2.68 bits per heavy atom. The van der Waals surface area contributed by atoms with Crippen LogP contribution in [0.2, 0.25) is 5.02 Å². The van der Waals surface area contributed by atoms with Crippen LogP contribution in [0.3, 0.4) is 0 Å². The predicted octanol–water partition coefficient (Wildman–Crippen LogP) is 3.52. The highest BCUT2D eigenvalue weighted by Gasteiger charge is 2.36. The summed E-state index contributed by atoms with van der Waals surface area (Å²) in [5, 5.41) is 12.5. The smallest absolute Gasteiger partial charge is 0.239 e. The first-order valence-electron chi connectivity index (χ1n) is 5.98. The molecule has 2 heterocycles. The number of alkyl halides is 3. The molecule has 2 aromatic heterocycles. The number of halogens is 4. The van der Waals surface area contributed by atoms with Crippen molar-refractivity contribution in [2.45, 2.75) is 12.7 Å². The van der Waals surface area contributed by atoms with Gasteiger partial charge in [0.2, 0.25) is 0 Å². The number of aromatic nitrogens is 5. The van der Waals surface area contributed by atoms with E-state index in [9.17, 15) is 13.2 Å². The zero-order valence-electron chi connectivity index (χ0n) is 10.8. The minimum Gasteiger partial charge on any atom is -0.239 e. The summed E-state index contributed by atoms with van der Waals surface area (Å²) in [5.41, 5.74) is 1.41. The molecule has 0 atom stereocenters. The van der Waals surface area contributed by atoms with Gasteiger partial charge in [0.15, 0.2) is 0 Å². The van der Waals surface area contributed by atoms with E-state index in [1.165, 1.54) is 11.3 Å². The first-order valence-corrected chi connectivity index (χ1v) is 7.23. The van der Waals surface area contributed by atoms with E-state index in [4.69, 9.17) is 11.6 Å². The fourth-order valence-electron chi connectivity index (χ4n) is 1.72. The quantitative estimate of drug-likeness (QED) is 0.729. The molecule has 0 bridgehead atoms. The number of tetrazole rings is 1. The summed E-state index contributed by atoms with van der Waals surface area (Å²) in [5.74, 6) is -1.27. The zero-order chi connectivity index (χ0) is 15.7. The van der Waals surface area contributed by atoms with Gasteiger partial charge in [-0.25, -0.2) is 4.98 Å². The van der Waals surface area contributed by atoms with Crippen molar-refractivity contribution in [2.75, 3.05) is 0 Å². The lowest BCUT2D eigenvalue weighted by Gasteiger charge is -1.99. The number of rotatable bonds is 3. The Balaban J connectivity index is 1.80. The van der Waals surface area contributed by atoms with Crippen LogP contribution in [0.1, 0.15) is 10.8 Å². The van der Waals surface area contributed by atoms with Crippen molar-refractivity contribution >= 4 is 22.9 Å². The number of hydrogen-bond acceptors (Lipinski definition) is 5. The van der Waals surface area contributed by atoms with Gasteiger partial charge in [0.25, 0.3) is 5.82 Å². The number of nitrogens with zero attached hydrogens (tertiary/aromatic N) is 5. The van der Waals surface area contributed by atoms with Gasteiger partial charge in [-0.15, -0.1) is 21.5 Å². The molecule has 0 N–H and O–H groups in total. The summed E-state index contributed by atoms with van der Waals surface area (Å²) in [6.45, 7) is 0.0121. The average Bonchev–Trinajstić information content (AvgIpc) is 3.09. The Morgan fingerprint density at radius 2 is 2.00 bits per heavy atom. The first-order chi connectivity index (χ1) is 10.4. The predicted molar refractivity (Wildman–Crippen MR) is 74.5 cm³/mol. The van der Waals surface area contributed by atoms with Gasteiger partial charge >= 0.3 is 6.18 Å². The maximum absolute atomic E-state index is 12.4. The van der Waals surface area contributed by atoms with Gasteiger partial charge in [0, 0.05) is 16.0 Å². The fraction of sp³-hybridized carbons (Fsp3) is 0.167. The van der Waals surface area contributed by atoms with Crippen LogP contribution in [0.15, 0.2) is 29.6 Å². The summed E-state index contributed by atoms with van der Waals surface area (Å²) in [4.78, 5) is 5.19. The summed E-state index contributed by atoms with van der Waals surface area (Å²) in [7, 11) is 0. The molecule has 0 fully saturated rings. The molecule has 0 aliphatic heterocycles. The van der Waals surface area contributed by atoms with Crippen molar-refractivity contribution < 1.29 is 13.2 Å². The lowest BCUT2D eigenvalue weighted by atomic mass is 10.2. The molecular formula is C12H7ClF3N5S. The van der Waals surface area contributed by atoms with E-state index in [0.717, 1.165) is 10.4 Å². The molecule has 0 unspecified atom stereocenters. The van der Waals surface area contributed by atoms with Gasteiger partial charge in [-0.05, 0) is 11.3 Å². The summed E-state index contributed by atoms with van der Waals surface area (Å²) in [6, 6.07) is 7.19. The average molecular weight is 346 g/mol. The van der Waals surface area contributed by atoms with Crippen molar-refractivity contribution in [2.24, 2.45) is 0 Å². The van der Waals surface area contributed by atoms with Crippen LogP contribution < -0.4 is 0 Å². The van der Waals surface area contributed by atoms with Crippen LogP contribution in [0, 0.1) is 0 Å². The number of thiazole rings is 1. The number of benzene rings is 1. The zero-order valence-corrected chi connectivity index (χ0v) is 12.3. The van der Waals surface area contributed by atoms with Gasteiger partial charge in [-0.2, -0.15) is 18.0 Å². The van der Waals surface area contributed by atoms with Gasteiger partial charge < -0.3 is 0 Å². The molecule has 114 valence electrons. The van der Waals surface area contributed by atoms with Crippen LogP contribution in [-0.4, -0.2) is 25.2 Å². The minimum atomic E-state index is -4.61. The summed E-state index contributed by atoms with van der Waals surface area (Å²) >= 11 is 7.37. The van der Waals surface area contributed by atoms with Crippen LogP contribution in [0.25, 0.3) is 11.3 Å². The topological polar surface area (TPSA) is 56.5 Å². The van der Waals surface area contributed by atoms with Crippen molar-refractivity contribution in [3.05, 3.63) is 45.5 Å². The first kappa shape index (κ1) is 14.9. The Bertz CT molecular complexity index is 798. The maximum Gasteiger partial charge on any atom is 0.455 e. The van der Waals surface area contributed by atoms with Gasteiger partial charge in [0.1, 0.15) is 11.6 Å². The van der Waals surface area contributed by atoms with Crippen LogP contribution >= 0.6 is 22.9 Å². The van der Waals surface area contributed by atoms with Crippen LogP contribution in [-0.2, 0) is 12.7 Å². The van der Waals surface area contributed by atoms with Gasteiger partial charge in [-0.3, -0.25) is 0 Å². The third-order valence-corrected chi connectivity index (χ3v) is 3.85. The van der Waals surface area contributed by atoms with Crippen molar-refractivity contribution in [1.29, 1.82) is 0 Å². The second-order valence-corrected chi connectivity index (χ2v) is 5.60. The van der Waals surface area contributed by atoms with E-state index in [2.05, 4.69) is 20.4 Å². The van der Waals surface area contributed by atoms with E-state index in [1.54, 1.807) is 17.5 Å². The summed E-state index contributed by atoms with van der Waals surface area (Å²) < 4.78 is 37.2. The second-order valence-electron chi connectivity index (χ2n) is 4.25. The van der Waals surface area contributed by atoms with Gasteiger partial charge in [0.05, 0.1) is 5.69 Å². The standard InChI is InChI=1S/C12H7ClF3N5S/c13-8-4-2-1-3-7(8)9-6-22-10(17-9)5-21-19-11(18-20-21)12(14,15)16/h1-4,6H,5H2. The molecule has 3 aromatic rings.